The van der Waals surface area contributed by atoms with Gasteiger partial charge in [-0.25, -0.2) is 0 Å². The van der Waals surface area contributed by atoms with Crippen LogP contribution in [0.25, 0.3) is 0 Å². The normalized spacial score (nSPS) is 11.1. The number of nitrogens with zero attached hydrogens (tertiary/aromatic N) is 1. The standard InChI is InChI=1S/C20H20BrN3O/c1-13(2)15-4-7-18(8-5-15)24-20(25)16(11-22)12-23-19-9-6-17(21)10-14(19)3/h4-10,12-13,23H,1-3H3,(H,24,25)/b16-12-. The molecule has 0 aliphatic rings. The molecular formula is C20H20BrN3O. The highest BCUT2D eigenvalue weighted by Gasteiger charge is 2.10. The average molecular weight is 398 g/mol. The van der Waals surface area contributed by atoms with Gasteiger partial charge in [0.25, 0.3) is 5.91 Å². The number of benzene rings is 2. The topological polar surface area (TPSA) is 64.9 Å². The summed E-state index contributed by atoms with van der Waals surface area (Å²) < 4.78 is 0.975. The third kappa shape index (κ3) is 5.20. The first-order valence-corrected chi connectivity index (χ1v) is 8.74. The first-order chi connectivity index (χ1) is 11.9. The van der Waals surface area contributed by atoms with E-state index in [-0.39, 0.29) is 5.57 Å². The van der Waals surface area contributed by atoms with Crippen molar-refractivity contribution in [3.63, 3.8) is 0 Å². The Hall–Kier alpha value is -2.58. The molecule has 25 heavy (non-hydrogen) atoms. The summed E-state index contributed by atoms with van der Waals surface area (Å²) in [5, 5.41) is 15.0. The van der Waals surface area contributed by atoms with Gasteiger partial charge in [-0.05, 0) is 54.3 Å². The minimum atomic E-state index is -0.443. The summed E-state index contributed by atoms with van der Waals surface area (Å²) in [7, 11) is 0. The largest absolute Gasteiger partial charge is 0.360 e. The summed E-state index contributed by atoms with van der Waals surface area (Å²) in [5.74, 6) is -0.0141. The van der Waals surface area contributed by atoms with Crippen LogP contribution in [0, 0.1) is 18.3 Å². The Morgan fingerprint density at radius 2 is 1.88 bits per heavy atom. The highest BCUT2D eigenvalue weighted by atomic mass is 79.9. The first kappa shape index (κ1) is 18.8. The lowest BCUT2D eigenvalue weighted by Crippen LogP contribution is -2.14. The molecule has 2 aromatic rings. The van der Waals surface area contributed by atoms with Crippen LogP contribution in [-0.2, 0) is 4.79 Å². The van der Waals surface area contributed by atoms with E-state index in [1.807, 2.05) is 55.5 Å². The number of hydrogen-bond acceptors (Lipinski definition) is 3. The lowest BCUT2D eigenvalue weighted by atomic mass is 10.0. The molecule has 0 saturated heterocycles. The number of nitriles is 1. The number of carbonyl (C=O) groups excluding carboxylic acids is 1. The quantitative estimate of drug-likeness (QED) is 0.528. The molecule has 0 fully saturated rings. The molecule has 2 N–H and O–H groups in total. The van der Waals surface area contributed by atoms with Crippen LogP contribution >= 0.6 is 15.9 Å². The van der Waals surface area contributed by atoms with Gasteiger partial charge in [0.1, 0.15) is 11.6 Å². The number of amides is 1. The highest BCUT2D eigenvalue weighted by Crippen LogP contribution is 2.21. The van der Waals surface area contributed by atoms with Crippen molar-refractivity contribution in [2.24, 2.45) is 0 Å². The average Bonchev–Trinajstić information content (AvgIpc) is 2.57. The van der Waals surface area contributed by atoms with Gasteiger partial charge >= 0.3 is 0 Å². The number of carbonyl (C=O) groups is 1. The van der Waals surface area contributed by atoms with Crippen LogP contribution in [0.2, 0.25) is 0 Å². The number of aryl methyl sites for hydroxylation is 1. The van der Waals surface area contributed by atoms with E-state index in [0.29, 0.717) is 11.6 Å². The molecular weight excluding hydrogens is 378 g/mol. The lowest BCUT2D eigenvalue weighted by molar-refractivity contribution is -0.112. The van der Waals surface area contributed by atoms with Crippen LogP contribution in [0.1, 0.15) is 30.9 Å². The molecule has 0 bridgehead atoms. The molecule has 0 aromatic heterocycles. The van der Waals surface area contributed by atoms with Crippen molar-refractivity contribution in [1.29, 1.82) is 5.26 Å². The summed E-state index contributed by atoms with van der Waals surface area (Å²) in [6.07, 6.45) is 1.42. The highest BCUT2D eigenvalue weighted by molar-refractivity contribution is 9.10. The lowest BCUT2D eigenvalue weighted by Gasteiger charge is -2.09. The predicted octanol–water partition coefficient (Wildman–Crippen LogP) is 5.34. The van der Waals surface area contributed by atoms with E-state index in [0.717, 1.165) is 15.7 Å². The fourth-order valence-electron chi connectivity index (χ4n) is 2.24. The summed E-state index contributed by atoms with van der Waals surface area (Å²) in [6, 6.07) is 15.3. The number of anilines is 2. The van der Waals surface area contributed by atoms with E-state index in [9.17, 15) is 10.1 Å². The maximum absolute atomic E-state index is 12.3. The molecule has 0 radical (unpaired) electrons. The fraction of sp³-hybridized carbons (Fsp3) is 0.200. The Balaban J connectivity index is 2.08. The Labute approximate surface area is 156 Å². The summed E-state index contributed by atoms with van der Waals surface area (Å²) >= 11 is 3.40. The molecule has 0 unspecified atom stereocenters. The predicted molar refractivity (Wildman–Crippen MR) is 105 cm³/mol. The third-order valence-corrected chi connectivity index (χ3v) is 4.25. The maximum atomic E-state index is 12.3. The second-order valence-corrected chi connectivity index (χ2v) is 6.92. The first-order valence-electron chi connectivity index (χ1n) is 7.95. The zero-order chi connectivity index (χ0) is 18.4. The molecule has 5 heteroatoms. The zero-order valence-corrected chi connectivity index (χ0v) is 16.0. The molecule has 0 heterocycles. The number of hydrogen-bond donors (Lipinski definition) is 2. The Kier molecular flexibility index (Phi) is 6.37. The zero-order valence-electron chi connectivity index (χ0n) is 14.4. The van der Waals surface area contributed by atoms with Gasteiger partial charge in [-0.1, -0.05) is 41.9 Å². The van der Waals surface area contributed by atoms with Gasteiger partial charge in [0.2, 0.25) is 0 Å². The van der Waals surface area contributed by atoms with Crippen LogP contribution in [0.5, 0.6) is 0 Å². The molecule has 4 nitrogen and oxygen atoms in total. The van der Waals surface area contributed by atoms with Crippen molar-refractivity contribution in [2.45, 2.75) is 26.7 Å². The van der Waals surface area contributed by atoms with Crippen molar-refractivity contribution >= 4 is 33.2 Å². The Morgan fingerprint density at radius 1 is 1.20 bits per heavy atom. The van der Waals surface area contributed by atoms with E-state index < -0.39 is 5.91 Å². The maximum Gasteiger partial charge on any atom is 0.267 e. The van der Waals surface area contributed by atoms with Crippen molar-refractivity contribution in [3.05, 3.63) is 69.8 Å². The van der Waals surface area contributed by atoms with E-state index in [1.54, 1.807) is 0 Å². The van der Waals surface area contributed by atoms with Gasteiger partial charge in [0.15, 0.2) is 0 Å². The van der Waals surface area contributed by atoms with Gasteiger partial charge in [0.05, 0.1) is 0 Å². The molecule has 2 rings (SSSR count). The molecule has 1 amide bonds. The second-order valence-electron chi connectivity index (χ2n) is 6.00. The van der Waals surface area contributed by atoms with E-state index >= 15 is 0 Å². The second kappa shape index (κ2) is 8.50. The summed E-state index contributed by atoms with van der Waals surface area (Å²) in [6.45, 7) is 6.17. The van der Waals surface area contributed by atoms with Gasteiger partial charge < -0.3 is 10.6 Å². The van der Waals surface area contributed by atoms with Crippen LogP contribution in [0.15, 0.2) is 58.7 Å². The van der Waals surface area contributed by atoms with Crippen molar-refractivity contribution in [2.75, 3.05) is 10.6 Å². The van der Waals surface area contributed by atoms with Crippen LogP contribution < -0.4 is 10.6 Å². The molecule has 128 valence electrons. The van der Waals surface area contributed by atoms with Gasteiger partial charge in [0, 0.05) is 22.0 Å². The van der Waals surface area contributed by atoms with E-state index in [2.05, 4.69) is 40.4 Å². The van der Waals surface area contributed by atoms with Gasteiger partial charge in [-0.15, -0.1) is 0 Å². The van der Waals surface area contributed by atoms with Crippen molar-refractivity contribution in [3.8, 4) is 6.07 Å². The SMILES string of the molecule is Cc1cc(Br)ccc1N/C=C(/C#N)C(=O)Nc1ccc(C(C)C)cc1. The number of halogens is 1. The molecule has 0 aliphatic carbocycles. The van der Waals surface area contributed by atoms with Gasteiger partial charge in [-0.2, -0.15) is 5.26 Å². The molecule has 2 aromatic carbocycles. The van der Waals surface area contributed by atoms with E-state index in [1.165, 1.54) is 11.8 Å². The number of rotatable bonds is 5. The molecule has 0 aliphatic heterocycles. The monoisotopic (exact) mass is 397 g/mol. The van der Waals surface area contributed by atoms with E-state index in [4.69, 9.17) is 0 Å². The van der Waals surface area contributed by atoms with Gasteiger partial charge in [-0.3, -0.25) is 4.79 Å². The third-order valence-electron chi connectivity index (χ3n) is 3.76. The smallest absolute Gasteiger partial charge is 0.267 e. The van der Waals surface area contributed by atoms with Crippen molar-refractivity contribution in [1.82, 2.24) is 0 Å². The minimum Gasteiger partial charge on any atom is -0.360 e. The summed E-state index contributed by atoms with van der Waals surface area (Å²) in [5.41, 5.74) is 3.71. The minimum absolute atomic E-state index is 0.00950. The number of nitrogens with one attached hydrogen (secondary N) is 2. The molecule has 0 spiro atoms. The van der Waals surface area contributed by atoms with Crippen LogP contribution in [0.3, 0.4) is 0 Å². The summed E-state index contributed by atoms with van der Waals surface area (Å²) in [4.78, 5) is 12.3. The fourth-order valence-corrected chi connectivity index (χ4v) is 2.71. The van der Waals surface area contributed by atoms with Crippen LogP contribution in [-0.4, -0.2) is 5.91 Å². The molecule has 0 saturated carbocycles. The van der Waals surface area contributed by atoms with Crippen LogP contribution in [0.4, 0.5) is 11.4 Å². The van der Waals surface area contributed by atoms with Crippen molar-refractivity contribution < 1.29 is 4.79 Å². The Bertz CT molecular complexity index is 833. The molecule has 0 atom stereocenters. The Morgan fingerprint density at radius 3 is 2.44 bits per heavy atom.